The van der Waals surface area contributed by atoms with Crippen molar-refractivity contribution < 1.29 is 9.59 Å². The van der Waals surface area contributed by atoms with Crippen molar-refractivity contribution >= 4 is 24.2 Å². The number of hydrogen-bond acceptors (Lipinski definition) is 4. The van der Waals surface area contributed by atoms with E-state index in [4.69, 9.17) is 0 Å². The quantitative estimate of drug-likeness (QED) is 0.626. The molecule has 0 spiro atoms. The van der Waals surface area contributed by atoms with Gasteiger partial charge in [0.25, 0.3) is 0 Å². The lowest BCUT2D eigenvalue weighted by atomic mass is 9.98. The number of hydrogen-bond donors (Lipinski definition) is 3. The van der Waals surface area contributed by atoms with E-state index in [0.29, 0.717) is 18.4 Å². The van der Waals surface area contributed by atoms with Gasteiger partial charge in [0.15, 0.2) is 0 Å². The van der Waals surface area contributed by atoms with Crippen LogP contribution in [-0.2, 0) is 9.59 Å². The van der Waals surface area contributed by atoms with Gasteiger partial charge in [-0.15, -0.1) is 12.4 Å². The second-order valence-electron chi connectivity index (χ2n) is 7.34. The van der Waals surface area contributed by atoms with Crippen LogP contribution in [0.5, 0.6) is 0 Å². The van der Waals surface area contributed by atoms with E-state index in [2.05, 4.69) is 34.7 Å². The topological polar surface area (TPSA) is 73.5 Å². The maximum absolute atomic E-state index is 12.0. The molecule has 0 aromatic rings. The molecule has 3 N–H and O–H groups in total. The monoisotopic (exact) mass is 360 g/mol. The summed E-state index contributed by atoms with van der Waals surface area (Å²) in [4.78, 5) is 26.2. The Morgan fingerprint density at radius 3 is 2.67 bits per heavy atom. The van der Waals surface area contributed by atoms with Crippen molar-refractivity contribution in [3.63, 3.8) is 0 Å². The van der Waals surface area contributed by atoms with Crippen LogP contribution in [0, 0.1) is 11.8 Å². The maximum atomic E-state index is 12.0. The van der Waals surface area contributed by atoms with Gasteiger partial charge in [0.1, 0.15) is 0 Å². The largest absolute Gasteiger partial charge is 0.355 e. The number of nitrogens with zero attached hydrogens (tertiary/aromatic N) is 1. The Morgan fingerprint density at radius 1 is 1.21 bits per heavy atom. The highest BCUT2D eigenvalue weighted by molar-refractivity contribution is 5.85. The van der Waals surface area contributed by atoms with Crippen LogP contribution < -0.4 is 16.0 Å². The van der Waals surface area contributed by atoms with Gasteiger partial charge in [-0.05, 0) is 50.6 Å². The summed E-state index contributed by atoms with van der Waals surface area (Å²) in [6, 6.07) is -0.00324. The summed E-state index contributed by atoms with van der Waals surface area (Å²) < 4.78 is 0. The number of carbonyl (C=O) groups is 2. The van der Waals surface area contributed by atoms with Crippen molar-refractivity contribution in [2.45, 2.75) is 45.6 Å². The summed E-state index contributed by atoms with van der Waals surface area (Å²) >= 11 is 0. The first-order valence-electron chi connectivity index (χ1n) is 9.04. The Morgan fingerprint density at radius 2 is 2.00 bits per heavy atom. The standard InChI is InChI=1S/C17H32N4O2.ClH/c1-13(2)9-19-16(22)12-21-8-4-5-14(11-21)10-20-17(23)15-6-3-7-18-15;/h13-15,18H,3-12H2,1-2H3,(H,19,22)(H,20,23);1H. The fourth-order valence-corrected chi connectivity index (χ4v) is 3.31. The third-order valence-electron chi connectivity index (χ3n) is 4.62. The smallest absolute Gasteiger partial charge is 0.237 e. The summed E-state index contributed by atoms with van der Waals surface area (Å²) in [5.41, 5.74) is 0. The molecule has 0 aromatic carbocycles. The normalized spacial score (nSPS) is 24.5. The van der Waals surface area contributed by atoms with Crippen LogP contribution >= 0.6 is 12.4 Å². The highest BCUT2D eigenvalue weighted by atomic mass is 35.5. The first-order chi connectivity index (χ1) is 11.0. The lowest BCUT2D eigenvalue weighted by Crippen LogP contribution is -2.47. The van der Waals surface area contributed by atoms with Crippen LogP contribution in [0.15, 0.2) is 0 Å². The molecule has 140 valence electrons. The number of nitrogens with one attached hydrogen (secondary N) is 3. The molecular weight excluding hydrogens is 328 g/mol. The average molecular weight is 361 g/mol. The summed E-state index contributed by atoms with van der Waals surface area (Å²) in [6.07, 6.45) is 4.25. The predicted molar refractivity (Wildman–Crippen MR) is 98.3 cm³/mol. The van der Waals surface area contributed by atoms with Gasteiger partial charge in [-0.3, -0.25) is 14.5 Å². The third kappa shape index (κ3) is 7.36. The van der Waals surface area contributed by atoms with E-state index in [-0.39, 0.29) is 30.3 Å². The van der Waals surface area contributed by atoms with Gasteiger partial charge in [0.2, 0.25) is 11.8 Å². The molecule has 24 heavy (non-hydrogen) atoms. The minimum absolute atomic E-state index is 0. The molecule has 2 saturated heterocycles. The van der Waals surface area contributed by atoms with Crippen LogP contribution in [0.25, 0.3) is 0 Å². The molecule has 2 unspecified atom stereocenters. The third-order valence-corrected chi connectivity index (χ3v) is 4.62. The van der Waals surface area contributed by atoms with Crippen LogP contribution in [0.2, 0.25) is 0 Å². The molecular formula is C17H33ClN4O2. The summed E-state index contributed by atoms with van der Waals surface area (Å²) in [6.45, 7) is 8.94. The Balaban J connectivity index is 0.00000288. The Kier molecular flexibility index (Phi) is 9.63. The lowest BCUT2D eigenvalue weighted by molar-refractivity contribution is -0.124. The summed E-state index contributed by atoms with van der Waals surface area (Å²) in [5.74, 6) is 1.17. The fraction of sp³-hybridized carbons (Fsp3) is 0.882. The molecule has 2 aliphatic rings. The SMILES string of the molecule is CC(C)CNC(=O)CN1CCCC(CNC(=O)C2CCCN2)C1.Cl. The van der Waals surface area contributed by atoms with Crippen molar-refractivity contribution in [3.05, 3.63) is 0 Å². The van der Waals surface area contributed by atoms with Gasteiger partial charge in [0.05, 0.1) is 12.6 Å². The van der Waals surface area contributed by atoms with E-state index >= 15 is 0 Å². The molecule has 2 aliphatic heterocycles. The Labute approximate surface area is 151 Å². The minimum Gasteiger partial charge on any atom is -0.355 e. The van der Waals surface area contributed by atoms with Crippen LogP contribution in [0.1, 0.15) is 39.5 Å². The van der Waals surface area contributed by atoms with Crippen molar-refractivity contribution in [1.29, 1.82) is 0 Å². The van der Waals surface area contributed by atoms with Crippen LogP contribution in [-0.4, -0.2) is 62.0 Å². The highest BCUT2D eigenvalue weighted by Gasteiger charge is 2.25. The van der Waals surface area contributed by atoms with E-state index in [1.54, 1.807) is 0 Å². The fourth-order valence-electron chi connectivity index (χ4n) is 3.31. The number of carbonyl (C=O) groups excluding carboxylic acids is 2. The number of rotatable bonds is 7. The molecule has 2 atom stereocenters. The van der Waals surface area contributed by atoms with Gasteiger partial charge in [-0.25, -0.2) is 0 Å². The Hall–Kier alpha value is -0.850. The summed E-state index contributed by atoms with van der Waals surface area (Å²) in [7, 11) is 0. The molecule has 0 aromatic heterocycles. The zero-order chi connectivity index (χ0) is 16.7. The van der Waals surface area contributed by atoms with Crippen molar-refractivity contribution in [1.82, 2.24) is 20.9 Å². The van der Waals surface area contributed by atoms with E-state index in [1.165, 1.54) is 0 Å². The van der Waals surface area contributed by atoms with Crippen LogP contribution in [0.4, 0.5) is 0 Å². The van der Waals surface area contributed by atoms with E-state index in [9.17, 15) is 9.59 Å². The Bertz CT molecular complexity index is 400. The van der Waals surface area contributed by atoms with Crippen molar-refractivity contribution in [2.24, 2.45) is 11.8 Å². The zero-order valence-electron chi connectivity index (χ0n) is 15.0. The number of amides is 2. The number of halogens is 1. The average Bonchev–Trinajstić information content (AvgIpc) is 3.05. The zero-order valence-corrected chi connectivity index (χ0v) is 15.8. The number of piperidine rings is 1. The van der Waals surface area contributed by atoms with Gasteiger partial charge < -0.3 is 16.0 Å². The van der Waals surface area contributed by atoms with Gasteiger partial charge in [-0.2, -0.15) is 0 Å². The second-order valence-corrected chi connectivity index (χ2v) is 7.34. The second kappa shape index (κ2) is 10.9. The first-order valence-corrected chi connectivity index (χ1v) is 9.04. The van der Waals surface area contributed by atoms with Crippen LogP contribution in [0.3, 0.4) is 0 Å². The first kappa shape index (κ1) is 21.2. The molecule has 0 aliphatic carbocycles. The molecule has 0 radical (unpaired) electrons. The van der Waals surface area contributed by atoms with Gasteiger partial charge in [0, 0.05) is 19.6 Å². The molecule has 2 fully saturated rings. The molecule has 6 nitrogen and oxygen atoms in total. The molecule has 7 heteroatoms. The van der Waals surface area contributed by atoms with E-state index < -0.39 is 0 Å². The van der Waals surface area contributed by atoms with Gasteiger partial charge >= 0.3 is 0 Å². The highest BCUT2D eigenvalue weighted by Crippen LogP contribution is 2.15. The molecule has 2 amide bonds. The predicted octanol–water partition coefficient (Wildman–Crippen LogP) is 0.761. The lowest BCUT2D eigenvalue weighted by Gasteiger charge is -2.32. The van der Waals surface area contributed by atoms with E-state index in [0.717, 1.165) is 58.4 Å². The van der Waals surface area contributed by atoms with E-state index in [1.807, 2.05) is 0 Å². The number of likely N-dealkylation sites (tertiary alicyclic amines) is 1. The molecule has 2 heterocycles. The molecule has 0 bridgehead atoms. The molecule has 0 saturated carbocycles. The maximum Gasteiger partial charge on any atom is 0.237 e. The summed E-state index contributed by atoms with van der Waals surface area (Å²) in [5, 5.41) is 9.28. The molecule has 2 rings (SSSR count). The van der Waals surface area contributed by atoms with Crippen molar-refractivity contribution in [3.8, 4) is 0 Å². The van der Waals surface area contributed by atoms with Crippen molar-refractivity contribution in [2.75, 3.05) is 39.3 Å². The minimum atomic E-state index is -0.00324. The van der Waals surface area contributed by atoms with Gasteiger partial charge in [-0.1, -0.05) is 13.8 Å².